The minimum atomic E-state index is -3.67. The molecule has 0 aliphatic heterocycles. The molecule has 158 valence electrons. The van der Waals surface area contributed by atoms with Gasteiger partial charge in [-0.1, -0.05) is 30.3 Å². The molecule has 0 fully saturated rings. The smallest absolute Gasteiger partial charge is 0.261 e. The molecule has 0 saturated carbocycles. The van der Waals surface area contributed by atoms with Gasteiger partial charge in [-0.15, -0.1) is 0 Å². The molecule has 4 aromatic rings. The molecule has 4 rings (SSSR count). The number of imidazole rings is 1. The van der Waals surface area contributed by atoms with E-state index in [1.54, 1.807) is 42.5 Å². The van der Waals surface area contributed by atoms with Gasteiger partial charge >= 0.3 is 0 Å². The van der Waals surface area contributed by atoms with E-state index in [4.69, 9.17) is 0 Å². The van der Waals surface area contributed by atoms with Crippen LogP contribution < -0.4 is 10.0 Å². The second-order valence-corrected chi connectivity index (χ2v) is 8.73. The summed E-state index contributed by atoms with van der Waals surface area (Å²) in [5, 5.41) is 2.90. The summed E-state index contributed by atoms with van der Waals surface area (Å²) < 4.78 is 29.4. The van der Waals surface area contributed by atoms with Gasteiger partial charge in [0.1, 0.15) is 5.82 Å². The van der Waals surface area contributed by atoms with Crippen molar-refractivity contribution in [2.45, 2.75) is 18.4 Å². The number of nitrogens with one attached hydrogen (secondary N) is 2. The Balaban J connectivity index is 1.37. The summed E-state index contributed by atoms with van der Waals surface area (Å²) in [5.74, 6) is 0.671. The zero-order chi connectivity index (χ0) is 21.8. The van der Waals surface area contributed by atoms with Gasteiger partial charge in [-0.3, -0.25) is 9.52 Å². The summed E-state index contributed by atoms with van der Waals surface area (Å²) in [6, 6.07) is 22.3. The second kappa shape index (κ2) is 8.61. The predicted octanol–water partition coefficient (Wildman–Crippen LogP) is 3.58. The van der Waals surface area contributed by atoms with Crippen LogP contribution in [0.15, 0.2) is 83.8 Å². The highest BCUT2D eigenvalue weighted by molar-refractivity contribution is 7.92. The Morgan fingerprint density at radius 1 is 0.935 bits per heavy atom. The standard InChI is InChI=1S/C23H22N4O3S/c1-17-25-21-9-5-6-10-22(21)27(17)16-15-24-23(28)18-11-13-19(14-12-18)26-31(29,30)20-7-3-2-4-8-20/h2-14,26H,15-16H2,1H3,(H,24,28). The van der Waals surface area contributed by atoms with Crippen LogP contribution in [-0.2, 0) is 16.6 Å². The van der Waals surface area contributed by atoms with E-state index in [9.17, 15) is 13.2 Å². The molecule has 3 aromatic carbocycles. The first-order valence-corrected chi connectivity index (χ1v) is 11.3. The third-order valence-electron chi connectivity index (χ3n) is 4.92. The monoisotopic (exact) mass is 434 g/mol. The zero-order valence-corrected chi connectivity index (χ0v) is 17.8. The van der Waals surface area contributed by atoms with Gasteiger partial charge in [-0.2, -0.15) is 0 Å². The number of benzene rings is 3. The Morgan fingerprint density at radius 2 is 1.61 bits per heavy atom. The summed E-state index contributed by atoms with van der Waals surface area (Å²) in [7, 11) is -3.67. The number of carbonyl (C=O) groups is 1. The highest BCUT2D eigenvalue weighted by Crippen LogP contribution is 2.17. The van der Waals surface area contributed by atoms with Crippen molar-refractivity contribution in [2.24, 2.45) is 0 Å². The SMILES string of the molecule is Cc1nc2ccccc2n1CCNC(=O)c1ccc(NS(=O)(=O)c2ccccc2)cc1. The van der Waals surface area contributed by atoms with Gasteiger partial charge in [0.15, 0.2) is 0 Å². The lowest BCUT2D eigenvalue weighted by Crippen LogP contribution is -2.27. The number of fused-ring (bicyclic) bond motifs is 1. The van der Waals surface area contributed by atoms with E-state index >= 15 is 0 Å². The zero-order valence-electron chi connectivity index (χ0n) is 16.9. The van der Waals surface area contributed by atoms with Crippen molar-refractivity contribution in [3.8, 4) is 0 Å². The van der Waals surface area contributed by atoms with Crippen LogP contribution in [0.5, 0.6) is 0 Å². The fourth-order valence-corrected chi connectivity index (χ4v) is 4.44. The van der Waals surface area contributed by atoms with E-state index in [1.165, 1.54) is 12.1 Å². The van der Waals surface area contributed by atoms with Crippen LogP contribution in [0.3, 0.4) is 0 Å². The Labute approximate surface area is 180 Å². The number of amides is 1. The number of hydrogen-bond donors (Lipinski definition) is 2. The molecular weight excluding hydrogens is 412 g/mol. The number of para-hydroxylation sites is 2. The minimum absolute atomic E-state index is 0.180. The van der Waals surface area contributed by atoms with Gasteiger partial charge in [0.25, 0.3) is 15.9 Å². The number of rotatable bonds is 7. The van der Waals surface area contributed by atoms with Crippen LogP contribution in [0.2, 0.25) is 0 Å². The molecule has 1 heterocycles. The maximum atomic E-state index is 12.5. The van der Waals surface area contributed by atoms with Crippen LogP contribution in [-0.4, -0.2) is 30.4 Å². The first kappa shape index (κ1) is 20.6. The quantitative estimate of drug-likeness (QED) is 0.465. The highest BCUT2D eigenvalue weighted by atomic mass is 32.2. The average Bonchev–Trinajstić information content (AvgIpc) is 3.10. The summed E-state index contributed by atoms with van der Waals surface area (Å²) >= 11 is 0. The summed E-state index contributed by atoms with van der Waals surface area (Å²) in [6.45, 7) is 2.99. The Bertz CT molecular complexity index is 1310. The molecule has 0 saturated heterocycles. The Morgan fingerprint density at radius 3 is 2.35 bits per heavy atom. The van der Waals surface area contributed by atoms with Crippen LogP contribution in [0, 0.1) is 6.92 Å². The molecule has 0 aliphatic rings. The van der Waals surface area contributed by atoms with Gasteiger partial charge < -0.3 is 9.88 Å². The maximum Gasteiger partial charge on any atom is 0.261 e. The third kappa shape index (κ3) is 4.59. The van der Waals surface area contributed by atoms with Gasteiger partial charge in [0.05, 0.1) is 15.9 Å². The lowest BCUT2D eigenvalue weighted by Gasteiger charge is -2.10. The number of anilines is 1. The molecule has 0 aliphatic carbocycles. The molecule has 0 unspecified atom stereocenters. The maximum absolute atomic E-state index is 12.5. The topological polar surface area (TPSA) is 93.1 Å². The molecule has 31 heavy (non-hydrogen) atoms. The van der Waals surface area contributed by atoms with E-state index in [0.717, 1.165) is 16.9 Å². The number of carbonyl (C=O) groups excluding carboxylic acids is 1. The molecule has 8 heteroatoms. The van der Waals surface area contributed by atoms with E-state index in [0.29, 0.717) is 24.3 Å². The van der Waals surface area contributed by atoms with Crippen LogP contribution in [0.4, 0.5) is 5.69 Å². The first-order valence-electron chi connectivity index (χ1n) is 9.82. The predicted molar refractivity (Wildman–Crippen MR) is 120 cm³/mol. The number of sulfonamides is 1. The average molecular weight is 435 g/mol. The van der Waals surface area contributed by atoms with Crippen molar-refractivity contribution >= 4 is 32.7 Å². The Kier molecular flexibility index (Phi) is 5.73. The van der Waals surface area contributed by atoms with Gasteiger partial charge in [0, 0.05) is 24.3 Å². The van der Waals surface area contributed by atoms with Crippen molar-refractivity contribution in [2.75, 3.05) is 11.3 Å². The van der Waals surface area contributed by atoms with Crippen LogP contribution >= 0.6 is 0 Å². The summed E-state index contributed by atoms with van der Waals surface area (Å²) in [5.41, 5.74) is 2.81. The van der Waals surface area contributed by atoms with Crippen molar-refractivity contribution in [1.29, 1.82) is 0 Å². The van der Waals surface area contributed by atoms with Crippen molar-refractivity contribution < 1.29 is 13.2 Å². The van der Waals surface area contributed by atoms with Crippen molar-refractivity contribution in [3.63, 3.8) is 0 Å². The van der Waals surface area contributed by atoms with Crippen molar-refractivity contribution in [1.82, 2.24) is 14.9 Å². The first-order chi connectivity index (χ1) is 14.9. The molecule has 0 spiro atoms. The van der Waals surface area contributed by atoms with Crippen LogP contribution in [0.25, 0.3) is 11.0 Å². The number of aryl methyl sites for hydroxylation is 1. The normalized spacial score (nSPS) is 11.4. The highest BCUT2D eigenvalue weighted by Gasteiger charge is 2.14. The number of aromatic nitrogens is 2. The van der Waals surface area contributed by atoms with E-state index in [1.807, 2.05) is 31.2 Å². The van der Waals surface area contributed by atoms with E-state index in [-0.39, 0.29) is 10.8 Å². The fraction of sp³-hybridized carbons (Fsp3) is 0.130. The number of nitrogens with zero attached hydrogens (tertiary/aromatic N) is 2. The minimum Gasteiger partial charge on any atom is -0.350 e. The lowest BCUT2D eigenvalue weighted by molar-refractivity contribution is 0.0952. The summed E-state index contributed by atoms with van der Waals surface area (Å²) in [4.78, 5) is 17.2. The van der Waals surface area contributed by atoms with Gasteiger partial charge in [-0.25, -0.2) is 13.4 Å². The molecular formula is C23H22N4O3S. The van der Waals surface area contributed by atoms with Crippen molar-refractivity contribution in [3.05, 3.63) is 90.3 Å². The fourth-order valence-electron chi connectivity index (χ4n) is 3.36. The lowest BCUT2D eigenvalue weighted by atomic mass is 10.2. The molecule has 2 N–H and O–H groups in total. The third-order valence-corrected chi connectivity index (χ3v) is 6.32. The molecule has 1 amide bonds. The largest absolute Gasteiger partial charge is 0.350 e. The van der Waals surface area contributed by atoms with E-state index in [2.05, 4.69) is 19.6 Å². The van der Waals surface area contributed by atoms with E-state index < -0.39 is 10.0 Å². The Hall–Kier alpha value is -3.65. The molecule has 1 aromatic heterocycles. The molecule has 0 bridgehead atoms. The van der Waals surface area contributed by atoms with Gasteiger partial charge in [-0.05, 0) is 55.5 Å². The second-order valence-electron chi connectivity index (χ2n) is 7.05. The molecule has 7 nitrogen and oxygen atoms in total. The number of hydrogen-bond acceptors (Lipinski definition) is 4. The molecule has 0 radical (unpaired) electrons. The van der Waals surface area contributed by atoms with Crippen LogP contribution in [0.1, 0.15) is 16.2 Å². The molecule has 0 atom stereocenters. The summed E-state index contributed by atoms with van der Waals surface area (Å²) in [6.07, 6.45) is 0. The van der Waals surface area contributed by atoms with Gasteiger partial charge in [0.2, 0.25) is 0 Å².